The van der Waals surface area contributed by atoms with Crippen LogP contribution in [0.1, 0.15) is 56.1 Å². The third kappa shape index (κ3) is 4.60. The molecule has 2 rings (SSSR count). The second-order valence-electron chi connectivity index (χ2n) is 5.56. The molecular weight excluding hydrogens is 277 g/mol. The summed E-state index contributed by atoms with van der Waals surface area (Å²) in [6.45, 7) is 2.88. The molecule has 0 saturated heterocycles. The molecule has 1 nitrogen and oxygen atoms in total. The van der Waals surface area contributed by atoms with Crippen molar-refractivity contribution in [2.75, 3.05) is 6.61 Å². The molecule has 0 amide bonds. The molecule has 0 radical (unpaired) electrons. The van der Waals surface area contributed by atoms with Crippen molar-refractivity contribution >= 4 is 6.08 Å². The average Bonchev–Trinajstić information content (AvgIpc) is 2.47. The zero-order chi connectivity index (χ0) is 15.2. The van der Waals surface area contributed by atoms with Gasteiger partial charge in [-0.3, -0.25) is 0 Å². The highest BCUT2D eigenvalue weighted by atomic mass is 19.3. The first kappa shape index (κ1) is 16.1. The molecule has 1 fully saturated rings. The van der Waals surface area contributed by atoms with Crippen LogP contribution in [-0.2, 0) is 4.74 Å². The van der Waals surface area contributed by atoms with Crippen LogP contribution in [0.15, 0.2) is 24.3 Å². The van der Waals surface area contributed by atoms with Crippen LogP contribution in [0.4, 0.5) is 13.2 Å². The summed E-state index contributed by atoms with van der Waals surface area (Å²) in [6.07, 6.45) is 3.89. The van der Waals surface area contributed by atoms with Gasteiger partial charge in [-0.15, -0.1) is 0 Å². The summed E-state index contributed by atoms with van der Waals surface area (Å²) in [5.74, 6) is -0.279. The highest BCUT2D eigenvalue weighted by Gasteiger charge is 2.23. The van der Waals surface area contributed by atoms with E-state index in [1.807, 2.05) is 0 Å². The minimum atomic E-state index is -1.88. The number of hydrogen-bond donors (Lipinski definition) is 0. The number of ether oxygens (including phenoxy) is 1. The lowest BCUT2D eigenvalue weighted by molar-refractivity contribution is 0.0251. The summed E-state index contributed by atoms with van der Waals surface area (Å²) in [4.78, 5) is 0. The fourth-order valence-corrected chi connectivity index (χ4v) is 2.88. The van der Waals surface area contributed by atoms with Crippen molar-refractivity contribution in [1.82, 2.24) is 0 Å². The zero-order valence-electron chi connectivity index (χ0n) is 12.2. The van der Waals surface area contributed by atoms with Crippen molar-refractivity contribution in [3.8, 4) is 0 Å². The molecule has 1 saturated carbocycles. The lowest BCUT2D eigenvalue weighted by atomic mass is 9.82. The number of benzene rings is 1. The predicted molar refractivity (Wildman–Crippen MR) is 77.8 cm³/mol. The minimum Gasteiger partial charge on any atom is -0.378 e. The van der Waals surface area contributed by atoms with Gasteiger partial charge >= 0.3 is 0 Å². The smallest absolute Gasteiger partial charge is 0.271 e. The van der Waals surface area contributed by atoms with Gasteiger partial charge in [0.15, 0.2) is 0 Å². The average molecular weight is 298 g/mol. The number of halogens is 3. The van der Waals surface area contributed by atoms with Crippen LogP contribution in [0.3, 0.4) is 0 Å². The highest BCUT2D eigenvalue weighted by molar-refractivity contribution is 5.51. The molecule has 1 aromatic rings. The van der Waals surface area contributed by atoms with Gasteiger partial charge in [0.2, 0.25) is 0 Å². The molecule has 0 bridgehead atoms. The molecule has 21 heavy (non-hydrogen) atoms. The Balaban J connectivity index is 1.97. The Kier molecular flexibility index (Phi) is 5.85. The topological polar surface area (TPSA) is 9.23 Å². The van der Waals surface area contributed by atoms with E-state index in [9.17, 15) is 13.2 Å². The first-order valence-electron chi connectivity index (χ1n) is 7.54. The van der Waals surface area contributed by atoms with Gasteiger partial charge < -0.3 is 4.74 Å². The Hall–Kier alpha value is -1.29. The molecule has 1 aromatic carbocycles. The van der Waals surface area contributed by atoms with Crippen LogP contribution in [-0.4, -0.2) is 12.7 Å². The third-order valence-corrected chi connectivity index (χ3v) is 3.99. The Morgan fingerprint density at radius 1 is 1.24 bits per heavy atom. The Morgan fingerprint density at radius 3 is 2.52 bits per heavy atom. The fraction of sp³-hybridized carbons (Fsp3) is 0.529. The molecule has 0 atom stereocenters. The fourth-order valence-electron chi connectivity index (χ4n) is 2.88. The molecule has 116 valence electrons. The van der Waals surface area contributed by atoms with Crippen molar-refractivity contribution in [3.63, 3.8) is 0 Å². The number of rotatable bonds is 5. The SMILES string of the molecule is CCCO[C@H]1CC[C@H](c2ccc(C=C(F)F)c(F)c2)CC1. The van der Waals surface area contributed by atoms with Gasteiger partial charge in [0, 0.05) is 18.2 Å². The molecular formula is C17H21F3O. The zero-order valence-corrected chi connectivity index (χ0v) is 12.2. The van der Waals surface area contributed by atoms with E-state index in [1.165, 1.54) is 12.1 Å². The minimum absolute atomic E-state index is 0.0567. The molecule has 4 heteroatoms. The van der Waals surface area contributed by atoms with E-state index in [2.05, 4.69) is 6.92 Å². The maximum Gasteiger partial charge on any atom is 0.271 e. The molecule has 0 aliphatic heterocycles. The van der Waals surface area contributed by atoms with E-state index in [-0.39, 0.29) is 5.56 Å². The van der Waals surface area contributed by atoms with Crippen molar-refractivity contribution < 1.29 is 17.9 Å². The second-order valence-corrected chi connectivity index (χ2v) is 5.56. The molecule has 1 aliphatic rings. The van der Waals surface area contributed by atoms with Gasteiger partial charge in [-0.1, -0.05) is 19.1 Å². The van der Waals surface area contributed by atoms with Crippen LogP contribution >= 0.6 is 0 Å². The predicted octanol–water partition coefficient (Wildman–Crippen LogP) is 5.52. The first-order chi connectivity index (χ1) is 10.1. The van der Waals surface area contributed by atoms with Crippen molar-refractivity contribution in [1.29, 1.82) is 0 Å². The molecule has 1 aliphatic carbocycles. The normalized spacial score (nSPS) is 22.1. The van der Waals surface area contributed by atoms with Gasteiger partial charge in [0.05, 0.1) is 6.10 Å². The largest absolute Gasteiger partial charge is 0.378 e. The van der Waals surface area contributed by atoms with Crippen LogP contribution in [0.2, 0.25) is 0 Å². The summed E-state index contributed by atoms with van der Waals surface area (Å²) < 4.78 is 43.9. The lowest BCUT2D eigenvalue weighted by Crippen LogP contribution is -2.21. The van der Waals surface area contributed by atoms with Crippen molar-refractivity contribution in [3.05, 3.63) is 41.2 Å². The van der Waals surface area contributed by atoms with E-state index >= 15 is 0 Å². The summed E-state index contributed by atoms with van der Waals surface area (Å²) in [6, 6.07) is 4.59. The molecule has 0 heterocycles. The number of hydrogen-bond acceptors (Lipinski definition) is 1. The first-order valence-corrected chi connectivity index (χ1v) is 7.54. The van der Waals surface area contributed by atoms with E-state index in [0.29, 0.717) is 18.1 Å². The van der Waals surface area contributed by atoms with Crippen LogP contribution in [0, 0.1) is 5.82 Å². The van der Waals surface area contributed by atoms with Gasteiger partial charge in [0.25, 0.3) is 6.08 Å². The van der Waals surface area contributed by atoms with E-state index in [4.69, 9.17) is 4.74 Å². The highest BCUT2D eigenvalue weighted by Crippen LogP contribution is 2.34. The second kappa shape index (κ2) is 7.64. The van der Waals surface area contributed by atoms with E-state index in [0.717, 1.165) is 44.3 Å². The van der Waals surface area contributed by atoms with Crippen LogP contribution in [0.5, 0.6) is 0 Å². The Bertz CT molecular complexity index is 487. The van der Waals surface area contributed by atoms with Gasteiger partial charge in [-0.05, 0) is 49.7 Å². The summed E-state index contributed by atoms with van der Waals surface area (Å²) in [7, 11) is 0. The standard InChI is InChI=1S/C17H21F3O/c1-2-9-21-15-7-5-12(6-8-15)13-3-4-14(11-17(19)20)16(18)10-13/h3-4,10-12,15H,2,5-9H2,1H3/t12-,15-. The maximum absolute atomic E-state index is 13.8. The van der Waals surface area contributed by atoms with Gasteiger partial charge in [-0.25, -0.2) is 4.39 Å². The maximum atomic E-state index is 13.8. The summed E-state index contributed by atoms with van der Waals surface area (Å²) >= 11 is 0. The van der Waals surface area contributed by atoms with Crippen molar-refractivity contribution in [2.45, 2.75) is 51.0 Å². The molecule has 0 aromatic heterocycles. The Morgan fingerprint density at radius 2 is 1.95 bits per heavy atom. The molecule has 0 unspecified atom stereocenters. The van der Waals surface area contributed by atoms with Crippen LogP contribution < -0.4 is 0 Å². The lowest BCUT2D eigenvalue weighted by Gasteiger charge is -2.29. The summed E-state index contributed by atoms with van der Waals surface area (Å²) in [5, 5.41) is 0. The quantitative estimate of drug-likeness (QED) is 0.696. The van der Waals surface area contributed by atoms with Gasteiger partial charge in [0.1, 0.15) is 5.82 Å². The van der Waals surface area contributed by atoms with E-state index < -0.39 is 11.9 Å². The van der Waals surface area contributed by atoms with E-state index in [1.54, 1.807) is 6.07 Å². The van der Waals surface area contributed by atoms with Crippen molar-refractivity contribution in [2.24, 2.45) is 0 Å². The molecule has 0 N–H and O–H groups in total. The monoisotopic (exact) mass is 298 g/mol. The Labute approximate surface area is 123 Å². The summed E-state index contributed by atoms with van der Waals surface area (Å²) in [5.41, 5.74) is 0.844. The molecule has 0 spiro atoms. The van der Waals surface area contributed by atoms with Gasteiger partial charge in [-0.2, -0.15) is 8.78 Å². The van der Waals surface area contributed by atoms with Crippen LogP contribution in [0.25, 0.3) is 6.08 Å². The third-order valence-electron chi connectivity index (χ3n) is 3.99.